The Labute approximate surface area is 187 Å². The monoisotopic (exact) mass is 430 g/mol. The summed E-state index contributed by atoms with van der Waals surface area (Å²) in [5.41, 5.74) is 2.08. The number of carbonyl (C=O) groups is 1. The number of fused-ring (bicyclic) bond motifs is 2. The molecule has 4 aromatic rings. The molecule has 164 valence electrons. The van der Waals surface area contributed by atoms with E-state index in [1.807, 2.05) is 74.5 Å². The Kier molecular flexibility index (Phi) is 7.00. The lowest BCUT2D eigenvalue weighted by atomic mass is 10.0. The van der Waals surface area contributed by atoms with Gasteiger partial charge in [0.05, 0.1) is 13.2 Å². The van der Waals surface area contributed by atoms with Crippen LogP contribution in [0.2, 0.25) is 0 Å². The predicted octanol–water partition coefficient (Wildman–Crippen LogP) is 6.64. The normalized spacial score (nSPS) is 11.1. The number of ether oxygens (including phenoxy) is 4. The first-order chi connectivity index (χ1) is 15.7. The largest absolute Gasteiger partial charge is 0.519 e. The van der Waals surface area contributed by atoms with Gasteiger partial charge < -0.3 is 18.9 Å². The number of hydrogen-bond donors (Lipinski definition) is 0. The molecule has 4 aromatic carbocycles. The zero-order valence-electron chi connectivity index (χ0n) is 18.3. The molecule has 0 atom stereocenters. The molecule has 4 rings (SSSR count). The molecule has 32 heavy (non-hydrogen) atoms. The molecule has 0 aliphatic rings. The summed E-state index contributed by atoms with van der Waals surface area (Å²) >= 11 is 0. The Morgan fingerprint density at radius 2 is 1.00 bits per heavy atom. The van der Waals surface area contributed by atoms with Gasteiger partial charge in [-0.05, 0) is 47.9 Å². The van der Waals surface area contributed by atoms with Crippen LogP contribution in [0, 0.1) is 0 Å². The third kappa shape index (κ3) is 4.74. The third-order valence-electron chi connectivity index (χ3n) is 5.26. The van der Waals surface area contributed by atoms with Gasteiger partial charge in [-0.1, -0.05) is 60.7 Å². The maximum Gasteiger partial charge on any atom is 0.519 e. The second-order valence-corrected chi connectivity index (χ2v) is 7.27. The summed E-state index contributed by atoms with van der Waals surface area (Å²) < 4.78 is 22.3. The smallest absolute Gasteiger partial charge is 0.394 e. The van der Waals surface area contributed by atoms with Gasteiger partial charge in [-0.3, -0.25) is 0 Å². The number of hydrogen-bond acceptors (Lipinski definition) is 5. The van der Waals surface area contributed by atoms with Crippen molar-refractivity contribution >= 4 is 27.7 Å². The maximum atomic E-state index is 12.7. The van der Waals surface area contributed by atoms with Crippen LogP contribution in [0.5, 0.6) is 11.5 Å². The van der Waals surface area contributed by atoms with Crippen LogP contribution in [0.15, 0.2) is 72.8 Å². The van der Waals surface area contributed by atoms with Gasteiger partial charge in [0.2, 0.25) is 0 Å². The summed E-state index contributed by atoms with van der Waals surface area (Å²) in [5.74, 6) is 0.895. The zero-order valence-corrected chi connectivity index (χ0v) is 18.3. The first-order valence-corrected chi connectivity index (χ1v) is 10.8. The molecule has 5 heteroatoms. The molecule has 0 bridgehead atoms. The SMILES string of the molecule is CCOCc1ccc(OC(=O)Oc2ccc(COCC)c3ccccc23)c2ccccc12. The van der Waals surface area contributed by atoms with E-state index in [4.69, 9.17) is 18.9 Å². The number of rotatable bonds is 8. The minimum atomic E-state index is -0.782. The Morgan fingerprint density at radius 1 is 0.594 bits per heavy atom. The second-order valence-electron chi connectivity index (χ2n) is 7.27. The Morgan fingerprint density at radius 3 is 1.41 bits per heavy atom. The van der Waals surface area contributed by atoms with Crippen LogP contribution in [-0.4, -0.2) is 19.4 Å². The fourth-order valence-corrected chi connectivity index (χ4v) is 3.72. The van der Waals surface area contributed by atoms with E-state index in [-0.39, 0.29) is 0 Å². The van der Waals surface area contributed by atoms with Gasteiger partial charge in [0.1, 0.15) is 11.5 Å². The van der Waals surface area contributed by atoms with E-state index in [0.29, 0.717) is 37.9 Å². The molecule has 0 unspecified atom stereocenters. The summed E-state index contributed by atoms with van der Waals surface area (Å²) in [6.45, 7) is 6.20. The van der Waals surface area contributed by atoms with Crippen molar-refractivity contribution < 1.29 is 23.7 Å². The molecule has 0 saturated carbocycles. The lowest BCUT2D eigenvalue weighted by molar-refractivity contribution is 0.135. The predicted molar refractivity (Wildman–Crippen MR) is 125 cm³/mol. The molecule has 0 fully saturated rings. The summed E-state index contributed by atoms with van der Waals surface area (Å²) in [5, 5.41) is 3.63. The first-order valence-electron chi connectivity index (χ1n) is 10.8. The highest BCUT2D eigenvalue weighted by Gasteiger charge is 2.15. The summed E-state index contributed by atoms with van der Waals surface area (Å²) in [4.78, 5) is 12.7. The molecule has 0 radical (unpaired) electrons. The lowest BCUT2D eigenvalue weighted by Gasteiger charge is -2.13. The van der Waals surface area contributed by atoms with Crippen molar-refractivity contribution in [3.63, 3.8) is 0 Å². The van der Waals surface area contributed by atoms with Gasteiger partial charge in [-0.15, -0.1) is 0 Å². The molecule has 5 nitrogen and oxygen atoms in total. The summed E-state index contributed by atoms with van der Waals surface area (Å²) in [6, 6.07) is 23.0. The molecule has 0 aromatic heterocycles. The van der Waals surface area contributed by atoms with Crippen LogP contribution in [0.4, 0.5) is 4.79 Å². The van der Waals surface area contributed by atoms with Gasteiger partial charge in [0.25, 0.3) is 0 Å². The van der Waals surface area contributed by atoms with Gasteiger partial charge in [-0.25, -0.2) is 4.79 Å². The van der Waals surface area contributed by atoms with Gasteiger partial charge in [-0.2, -0.15) is 0 Å². The highest BCUT2D eigenvalue weighted by molar-refractivity contribution is 5.94. The van der Waals surface area contributed by atoms with Crippen LogP contribution < -0.4 is 9.47 Å². The highest BCUT2D eigenvalue weighted by Crippen LogP contribution is 2.32. The van der Waals surface area contributed by atoms with Crippen molar-refractivity contribution in [1.82, 2.24) is 0 Å². The quantitative estimate of drug-likeness (QED) is 0.232. The molecule has 0 aliphatic carbocycles. The van der Waals surface area contributed by atoms with Gasteiger partial charge in [0.15, 0.2) is 0 Å². The molecular weight excluding hydrogens is 404 g/mol. The molecular formula is C27H26O5. The average molecular weight is 431 g/mol. The first kappa shape index (κ1) is 21.8. The minimum Gasteiger partial charge on any atom is -0.394 e. The van der Waals surface area contributed by atoms with Crippen LogP contribution in [0.3, 0.4) is 0 Å². The van der Waals surface area contributed by atoms with Gasteiger partial charge in [0, 0.05) is 24.0 Å². The van der Waals surface area contributed by atoms with Crippen LogP contribution in [0.1, 0.15) is 25.0 Å². The average Bonchev–Trinajstić information content (AvgIpc) is 2.83. The van der Waals surface area contributed by atoms with Crippen molar-refractivity contribution in [3.05, 3.63) is 83.9 Å². The molecule has 0 amide bonds. The van der Waals surface area contributed by atoms with Crippen molar-refractivity contribution in [3.8, 4) is 11.5 Å². The maximum absolute atomic E-state index is 12.7. The van der Waals surface area contributed by atoms with E-state index in [1.54, 1.807) is 12.1 Å². The van der Waals surface area contributed by atoms with Crippen LogP contribution >= 0.6 is 0 Å². The van der Waals surface area contributed by atoms with Gasteiger partial charge >= 0.3 is 6.16 Å². The number of benzene rings is 4. The van der Waals surface area contributed by atoms with Crippen molar-refractivity contribution in [2.75, 3.05) is 13.2 Å². The standard InChI is InChI=1S/C27H26O5/c1-3-29-17-19-13-15-25(23-11-7-5-9-21(19)23)31-27(28)32-26-16-14-20(18-30-4-2)22-10-6-8-12-24(22)26/h5-16H,3-4,17-18H2,1-2H3. The lowest BCUT2D eigenvalue weighted by Crippen LogP contribution is -2.14. The van der Waals surface area contributed by atoms with E-state index in [9.17, 15) is 4.79 Å². The third-order valence-corrected chi connectivity index (χ3v) is 5.26. The van der Waals surface area contributed by atoms with E-state index < -0.39 is 6.16 Å². The highest BCUT2D eigenvalue weighted by atomic mass is 16.7. The molecule has 0 saturated heterocycles. The Hall–Kier alpha value is -3.41. The van der Waals surface area contributed by atoms with E-state index in [0.717, 1.165) is 32.7 Å². The van der Waals surface area contributed by atoms with E-state index in [1.165, 1.54) is 0 Å². The fraction of sp³-hybridized carbons (Fsp3) is 0.222. The fourth-order valence-electron chi connectivity index (χ4n) is 3.72. The zero-order chi connectivity index (χ0) is 22.3. The van der Waals surface area contributed by atoms with Crippen LogP contribution in [0.25, 0.3) is 21.5 Å². The molecule has 0 aliphatic heterocycles. The molecule has 0 N–H and O–H groups in total. The van der Waals surface area contributed by atoms with Crippen molar-refractivity contribution in [1.29, 1.82) is 0 Å². The Balaban J connectivity index is 1.58. The number of carbonyl (C=O) groups excluding carboxylic acids is 1. The summed E-state index contributed by atoms with van der Waals surface area (Å²) in [6.07, 6.45) is -0.782. The minimum absolute atomic E-state index is 0.447. The molecule has 0 heterocycles. The topological polar surface area (TPSA) is 54.0 Å². The van der Waals surface area contributed by atoms with E-state index in [2.05, 4.69) is 0 Å². The van der Waals surface area contributed by atoms with E-state index >= 15 is 0 Å². The van der Waals surface area contributed by atoms with Crippen LogP contribution in [-0.2, 0) is 22.7 Å². The second kappa shape index (κ2) is 10.3. The van der Waals surface area contributed by atoms with Crippen molar-refractivity contribution in [2.45, 2.75) is 27.1 Å². The van der Waals surface area contributed by atoms with Crippen molar-refractivity contribution in [2.24, 2.45) is 0 Å². The summed E-state index contributed by atoms with van der Waals surface area (Å²) in [7, 11) is 0. The molecule has 0 spiro atoms. The Bertz CT molecular complexity index is 1140.